The maximum absolute atomic E-state index is 12.5. The maximum Gasteiger partial charge on any atom is 0.261 e. The summed E-state index contributed by atoms with van der Waals surface area (Å²) in [7, 11) is 0. The van der Waals surface area contributed by atoms with Crippen LogP contribution in [0.4, 0.5) is 0 Å². The van der Waals surface area contributed by atoms with Crippen LogP contribution < -0.4 is 10.1 Å². The molecule has 0 aliphatic rings. The van der Waals surface area contributed by atoms with E-state index in [9.17, 15) is 10.1 Å². The molecule has 0 unspecified atom stereocenters. The van der Waals surface area contributed by atoms with Crippen LogP contribution in [0.5, 0.6) is 5.75 Å². The van der Waals surface area contributed by atoms with Gasteiger partial charge >= 0.3 is 0 Å². The van der Waals surface area contributed by atoms with E-state index in [1.165, 1.54) is 5.56 Å². The van der Waals surface area contributed by atoms with Gasteiger partial charge in [-0.1, -0.05) is 60.7 Å². The summed E-state index contributed by atoms with van der Waals surface area (Å²) in [4.78, 5) is 12.5. The lowest BCUT2D eigenvalue weighted by Crippen LogP contribution is -2.25. The molecule has 5 heteroatoms. The Labute approximate surface area is 196 Å². The lowest BCUT2D eigenvalue weighted by atomic mass is 10.1. The molecule has 31 heavy (non-hydrogen) atoms. The van der Waals surface area contributed by atoms with Gasteiger partial charge in [0.2, 0.25) is 0 Å². The van der Waals surface area contributed by atoms with Gasteiger partial charge in [0.15, 0.2) is 0 Å². The third kappa shape index (κ3) is 7.26. The van der Waals surface area contributed by atoms with E-state index in [2.05, 4.69) is 40.0 Å². The second-order valence-corrected chi connectivity index (χ2v) is 8.21. The highest BCUT2D eigenvalue weighted by atomic mass is 127. The summed E-state index contributed by atoms with van der Waals surface area (Å²) in [6.07, 6.45) is 3.27. The molecular formula is C26H23IN2O2. The first-order chi connectivity index (χ1) is 15.2. The molecule has 0 spiro atoms. The van der Waals surface area contributed by atoms with Crippen LogP contribution in [0, 0.1) is 14.9 Å². The van der Waals surface area contributed by atoms with E-state index < -0.39 is 0 Å². The number of carbonyl (C=O) groups excluding carboxylic acids is 1. The Kier molecular flexibility index (Phi) is 8.68. The quantitative estimate of drug-likeness (QED) is 0.174. The Morgan fingerprint density at radius 3 is 2.42 bits per heavy atom. The molecule has 0 aliphatic carbocycles. The van der Waals surface area contributed by atoms with Crippen LogP contribution in [0.1, 0.15) is 23.1 Å². The zero-order chi connectivity index (χ0) is 21.9. The number of rotatable bonds is 9. The predicted molar refractivity (Wildman–Crippen MR) is 131 cm³/mol. The summed E-state index contributed by atoms with van der Waals surface area (Å²) in [5.41, 5.74) is 3.04. The number of carbonyl (C=O) groups is 1. The van der Waals surface area contributed by atoms with Crippen molar-refractivity contribution in [3.8, 4) is 11.8 Å². The first kappa shape index (κ1) is 22.6. The third-order valence-electron chi connectivity index (χ3n) is 4.66. The van der Waals surface area contributed by atoms with Gasteiger partial charge in [0, 0.05) is 15.7 Å². The summed E-state index contributed by atoms with van der Waals surface area (Å²) >= 11 is 2.26. The number of nitrogens with one attached hydrogen (secondary N) is 1. The summed E-state index contributed by atoms with van der Waals surface area (Å²) in [6, 6.07) is 27.6. The van der Waals surface area contributed by atoms with Crippen LogP contribution in [0.2, 0.25) is 0 Å². The summed E-state index contributed by atoms with van der Waals surface area (Å²) in [5, 5.41) is 12.3. The van der Waals surface area contributed by atoms with E-state index >= 15 is 0 Å². The first-order valence-corrected chi connectivity index (χ1v) is 11.1. The first-order valence-electron chi connectivity index (χ1n) is 10.1. The van der Waals surface area contributed by atoms with Crippen LogP contribution in [0.3, 0.4) is 0 Å². The van der Waals surface area contributed by atoms with Crippen LogP contribution in [-0.2, 0) is 17.8 Å². The minimum Gasteiger partial charge on any atom is -0.488 e. The fourth-order valence-corrected chi connectivity index (χ4v) is 3.37. The van der Waals surface area contributed by atoms with Crippen molar-refractivity contribution in [2.45, 2.75) is 19.4 Å². The molecule has 4 nitrogen and oxygen atoms in total. The van der Waals surface area contributed by atoms with Crippen molar-refractivity contribution in [3.05, 3.63) is 105 Å². The number of para-hydroxylation sites is 1. The Morgan fingerprint density at radius 2 is 1.68 bits per heavy atom. The van der Waals surface area contributed by atoms with Crippen molar-refractivity contribution in [1.82, 2.24) is 5.32 Å². The van der Waals surface area contributed by atoms with Gasteiger partial charge in [-0.15, -0.1) is 0 Å². The van der Waals surface area contributed by atoms with Gasteiger partial charge in [-0.3, -0.25) is 4.79 Å². The number of halogens is 1. The number of ether oxygens (including phenoxy) is 1. The lowest BCUT2D eigenvalue weighted by molar-refractivity contribution is -0.117. The molecule has 0 heterocycles. The molecule has 0 radical (unpaired) electrons. The Balaban J connectivity index is 1.59. The molecule has 1 amide bonds. The largest absolute Gasteiger partial charge is 0.488 e. The molecule has 0 atom stereocenters. The number of benzene rings is 3. The number of hydrogen-bond acceptors (Lipinski definition) is 3. The topological polar surface area (TPSA) is 62.1 Å². The average Bonchev–Trinajstić information content (AvgIpc) is 2.81. The standard InChI is InChI=1S/C26H23IN2O2/c27-24-14-12-21(13-15-24)19-31-25-11-5-4-10-22(25)17-23(18-28)26(30)29-16-6-9-20-7-2-1-3-8-20/h1-5,7-8,10-15,17H,6,9,16,19H2,(H,29,30)/b23-17-. The lowest BCUT2D eigenvalue weighted by Gasteiger charge is -2.10. The molecule has 0 bridgehead atoms. The van der Waals surface area contributed by atoms with Crippen LogP contribution >= 0.6 is 22.6 Å². The highest BCUT2D eigenvalue weighted by Crippen LogP contribution is 2.22. The normalized spacial score (nSPS) is 10.9. The molecule has 0 aliphatic heterocycles. The zero-order valence-electron chi connectivity index (χ0n) is 17.1. The van der Waals surface area contributed by atoms with Crippen LogP contribution in [0.25, 0.3) is 6.08 Å². The second kappa shape index (κ2) is 11.9. The molecule has 0 saturated heterocycles. The second-order valence-electron chi connectivity index (χ2n) is 6.97. The van der Waals surface area contributed by atoms with E-state index in [0.29, 0.717) is 24.5 Å². The van der Waals surface area contributed by atoms with E-state index in [0.717, 1.165) is 22.0 Å². The predicted octanol–water partition coefficient (Wildman–Crippen LogP) is 5.53. The Morgan fingerprint density at radius 1 is 0.968 bits per heavy atom. The van der Waals surface area contributed by atoms with Crippen molar-refractivity contribution in [2.75, 3.05) is 6.54 Å². The Hall–Kier alpha value is -3.11. The van der Waals surface area contributed by atoms with Crippen LogP contribution in [0.15, 0.2) is 84.4 Å². The minimum atomic E-state index is -0.372. The third-order valence-corrected chi connectivity index (χ3v) is 5.38. The van der Waals surface area contributed by atoms with Gasteiger partial charge in [0.05, 0.1) is 0 Å². The summed E-state index contributed by atoms with van der Waals surface area (Å²) < 4.78 is 7.11. The molecule has 3 rings (SSSR count). The van der Waals surface area contributed by atoms with Crippen LogP contribution in [-0.4, -0.2) is 12.5 Å². The molecular weight excluding hydrogens is 499 g/mol. The van der Waals surface area contributed by atoms with Gasteiger partial charge in [0.25, 0.3) is 5.91 Å². The smallest absolute Gasteiger partial charge is 0.261 e. The molecule has 1 N–H and O–H groups in total. The van der Waals surface area contributed by atoms with Gasteiger partial charge in [-0.25, -0.2) is 0 Å². The summed E-state index contributed by atoms with van der Waals surface area (Å²) in [5.74, 6) is 0.258. The van der Waals surface area contributed by atoms with Gasteiger partial charge in [-0.05, 0) is 70.8 Å². The fourth-order valence-electron chi connectivity index (χ4n) is 3.01. The minimum absolute atomic E-state index is 0.0602. The van der Waals surface area contributed by atoms with E-state index in [1.807, 2.05) is 72.8 Å². The van der Waals surface area contributed by atoms with E-state index in [1.54, 1.807) is 6.08 Å². The van der Waals surface area contributed by atoms with Gasteiger partial charge in [0.1, 0.15) is 24.0 Å². The number of aryl methyl sites for hydroxylation is 1. The van der Waals surface area contributed by atoms with Crippen molar-refractivity contribution >= 4 is 34.6 Å². The molecule has 156 valence electrons. The monoisotopic (exact) mass is 522 g/mol. The number of nitrogens with zero attached hydrogens (tertiary/aromatic N) is 1. The van der Waals surface area contributed by atoms with E-state index in [4.69, 9.17) is 4.74 Å². The van der Waals surface area contributed by atoms with E-state index in [-0.39, 0.29) is 11.5 Å². The SMILES string of the molecule is N#C/C(=C/c1ccccc1OCc1ccc(I)cc1)C(=O)NCCCc1ccccc1. The average molecular weight is 522 g/mol. The molecule has 3 aromatic carbocycles. The van der Waals surface area contributed by atoms with Crippen molar-refractivity contribution < 1.29 is 9.53 Å². The number of amides is 1. The number of nitriles is 1. The molecule has 0 saturated carbocycles. The highest BCUT2D eigenvalue weighted by Gasteiger charge is 2.10. The summed E-state index contributed by atoms with van der Waals surface area (Å²) in [6.45, 7) is 0.924. The Bertz CT molecular complexity index is 1070. The number of hydrogen-bond donors (Lipinski definition) is 1. The van der Waals surface area contributed by atoms with Crippen molar-refractivity contribution in [2.24, 2.45) is 0 Å². The molecule has 3 aromatic rings. The van der Waals surface area contributed by atoms with Crippen molar-refractivity contribution in [1.29, 1.82) is 5.26 Å². The molecule has 0 fully saturated rings. The van der Waals surface area contributed by atoms with Crippen molar-refractivity contribution in [3.63, 3.8) is 0 Å². The maximum atomic E-state index is 12.5. The fraction of sp³-hybridized carbons (Fsp3) is 0.154. The zero-order valence-corrected chi connectivity index (χ0v) is 19.2. The van der Waals surface area contributed by atoms with Gasteiger partial charge in [-0.2, -0.15) is 5.26 Å². The molecule has 0 aromatic heterocycles. The highest BCUT2D eigenvalue weighted by molar-refractivity contribution is 14.1. The van der Waals surface area contributed by atoms with Gasteiger partial charge < -0.3 is 10.1 Å².